The van der Waals surface area contributed by atoms with Gasteiger partial charge in [-0.05, 0) is 31.4 Å². The lowest BCUT2D eigenvalue weighted by Gasteiger charge is -2.12. The maximum atomic E-state index is 12.5. The first-order valence-electron chi connectivity index (χ1n) is 6.43. The van der Waals surface area contributed by atoms with Crippen molar-refractivity contribution in [2.45, 2.75) is 39.7 Å². The van der Waals surface area contributed by atoms with Crippen LogP contribution in [0.4, 0.5) is 5.00 Å². The molecule has 0 aromatic carbocycles. The maximum absolute atomic E-state index is 12.5. The van der Waals surface area contributed by atoms with Crippen molar-refractivity contribution in [3.63, 3.8) is 0 Å². The standard InChI is InChI=1S/C14H17N2OS/c1-3-11-7-10-8-15-13-9(2)5-4-6-12(13)16(17)14(10)18-11/h5,7,15H,3-4,6,8H2,1-2H3/q+1. The molecule has 3 rings (SSSR count). The van der Waals surface area contributed by atoms with Gasteiger partial charge in [-0.2, -0.15) is 0 Å². The monoisotopic (exact) mass is 261 g/mol. The van der Waals surface area contributed by atoms with Gasteiger partial charge < -0.3 is 5.32 Å². The Kier molecular flexibility index (Phi) is 2.82. The fraction of sp³-hybridized carbons (Fsp3) is 0.429. The molecular formula is C14H17N2OS+. The van der Waals surface area contributed by atoms with E-state index < -0.39 is 0 Å². The summed E-state index contributed by atoms with van der Waals surface area (Å²) in [5, 5.41) is 4.31. The minimum atomic E-state index is 0.759. The van der Waals surface area contributed by atoms with Gasteiger partial charge in [0.2, 0.25) is 0 Å². The summed E-state index contributed by atoms with van der Waals surface area (Å²) in [6.07, 6.45) is 5.00. The van der Waals surface area contributed by atoms with E-state index in [0.717, 1.165) is 52.5 Å². The number of thiophene rings is 1. The van der Waals surface area contributed by atoms with Crippen molar-refractivity contribution in [1.82, 2.24) is 5.32 Å². The molecule has 0 saturated carbocycles. The van der Waals surface area contributed by atoms with Crippen LogP contribution in [0.1, 0.15) is 37.1 Å². The fourth-order valence-electron chi connectivity index (χ4n) is 2.58. The molecule has 1 N–H and O–H groups in total. The first-order chi connectivity index (χ1) is 8.70. The van der Waals surface area contributed by atoms with Crippen LogP contribution in [0.5, 0.6) is 0 Å². The van der Waals surface area contributed by atoms with Gasteiger partial charge in [-0.15, -0.1) is 0 Å². The highest BCUT2D eigenvalue weighted by atomic mass is 32.1. The molecule has 94 valence electrons. The van der Waals surface area contributed by atoms with Crippen molar-refractivity contribution in [1.29, 1.82) is 0 Å². The minimum Gasteiger partial charge on any atom is -0.375 e. The average Bonchev–Trinajstić information content (AvgIpc) is 2.74. The predicted octanol–water partition coefficient (Wildman–Crippen LogP) is 3.78. The highest BCUT2D eigenvalue weighted by Crippen LogP contribution is 2.38. The molecule has 1 aromatic rings. The Hall–Kier alpha value is -1.42. The van der Waals surface area contributed by atoms with E-state index >= 15 is 0 Å². The molecule has 18 heavy (non-hydrogen) atoms. The van der Waals surface area contributed by atoms with Crippen LogP contribution in [0, 0.1) is 4.91 Å². The minimum absolute atomic E-state index is 0.759. The first kappa shape index (κ1) is 11.7. The third kappa shape index (κ3) is 1.72. The zero-order chi connectivity index (χ0) is 12.7. The summed E-state index contributed by atoms with van der Waals surface area (Å²) in [4.78, 5) is 13.8. The van der Waals surface area contributed by atoms with Crippen LogP contribution < -0.4 is 5.32 Å². The van der Waals surface area contributed by atoms with Crippen LogP contribution in [0.3, 0.4) is 0 Å². The molecule has 1 aliphatic heterocycles. The van der Waals surface area contributed by atoms with Crippen LogP contribution in [-0.2, 0) is 13.0 Å². The smallest absolute Gasteiger partial charge is 0.323 e. The number of nitrogens with one attached hydrogen (secondary N) is 1. The Balaban J connectivity index is 2.09. The zero-order valence-electron chi connectivity index (χ0n) is 10.7. The lowest BCUT2D eigenvalue weighted by molar-refractivity contribution is -0.407. The number of hydrogen-bond acceptors (Lipinski definition) is 3. The number of hydrogen-bond donors (Lipinski definition) is 1. The van der Waals surface area contributed by atoms with Gasteiger partial charge in [-0.1, -0.05) is 24.3 Å². The number of fused-ring (bicyclic) bond motifs is 1. The summed E-state index contributed by atoms with van der Waals surface area (Å²) in [5.41, 5.74) is 4.27. The topological polar surface area (TPSA) is 32.1 Å². The van der Waals surface area contributed by atoms with Crippen molar-refractivity contribution < 1.29 is 4.76 Å². The van der Waals surface area contributed by atoms with Crippen molar-refractivity contribution in [2.75, 3.05) is 0 Å². The van der Waals surface area contributed by atoms with Gasteiger partial charge in [0.1, 0.15) is 5.70 Å². The van der Waals surface area contributed by atoms with Crippen molar-refractivity contribution in [3.8, 4) is 0 Å². The van der Waals surface area contributed by atoms with Gasteiger partial charge in [-0.25, -0.2) is 0 Å². The van der Waals surface area contributed by atoms with Crippen molar-refractivity contribution >= 4 is 16.3 Å². The number of nitrogens with zero attached hydrogens (tertiary/aromatic N) is 1. The van der Waals surface area contributed by atoms with Gasteiger partial charge in [0.25, 0.3) is 5.70 Å². The summed E-state index contributed by atoms with van der Waals surface area (Å²) in [6, 6.07) is 2.16. The highest BCUT2D eigenvalue weighted by Gasteiger charge is 2.35. The Morgan fingerprint density at radius 1 is 1.50 bits per heavy atom. The number of nitroso groups, excluding NO2 is 1. The average molecular weight is 261 g/mol. The fourth-order valence-corrected chi connectivity index (χ4v) is 3.63. The second-order valence-corrected chi connectivity index (χ2v) is 5.91. The number of allylic oxidation sites excluding steroid dienone is 3. The van der Waals surface area contributed by atoms with E-state index in [9.17, 15) is 4.91 Å². The summed E-state index contributed by atoms with van der Waals surface area (Å²) in [5.74, 6) is 0. The second-order valence-electron chi connectivity index (χ2n) is 4.79. The largest absolute Gasteiger partial charge is 0.375 e. The van der Waals surface area contributed by atoms with Crippen LogP contribution in [0.2, 0.25) is 0 Å². The summed E-state index contributed by atoms with van der Waals surface area (Å²) in [7, 11) is 0. The third-order valence-corrected chi connectivity index (χ3v) is 4.88. The molecule has 4 heteroatoms. The Labute approximate surface area is 111 Å². The van der Waals surface area contributed by atoms with Crippen LogP contribution in [-0.4, -0.2) is 4.76 Å². The molecule has 0 amide bonds. The van der Waals surface area contributed by atoms with Crippen LogP contribution in [0.25, 0.3) is 0 Å². The van der Waals surface area contributed by atoms with E-state index in [4.69, 9.17) is 0 Å². The number of aryl methyl sites for hydroxylation is 1. The van der Waals surface area contributed by atoms with E-state index in [0.29, 0.717) is 0 Å². The molecule has 2 aliphatic rings. The quantitative estimate of drug-likeness (QED) is 0.780. The number of rotatable bonds is 1. The Morgan fingerprint density at radius 2 is 2.33 bits per heavy atom. The van der Waals surface area contributed by atoms with Crippen molar-refractivity contribution in [2.24, 2.45) is 0 Å². The molecule has 1 aromatic heterocycles. The van der Waals surface area contributed by atoms with Gasteiger partial charge in [-0.3, -0.25) is 0 Å². The summed E-state index contributed by atoms with van der Waals surface area (Å²) < 4.78 is 1.16. The van der Waals surface area contributed by atoms with E-state index in [2.05, 4.69) is 31.3 Å². The summed E-state index contributed by atoms with van der Waals surface area (Å²) in [6.45, 7) is 4.97. The third-order valence-electron chi connectivity index (χ3n) is 3.59. The lowest BCUT2D eigenvalue weighted by atomic mass is 10.0. The SMILES string of the molecule is CCc1cc2c(s1)[N+](=O)C1=C(NC2)C(C)=CCC1. The van der Waals surface area contributed by atoms with Crippen molar-refractivity contribution in [3.05, 3.63) is 44.5 Å². The molecule has 0 bridgehead atoms. The highest BCUT2D eigenvalue weighted by molar-refractivity contribution is 7.15. The molecule has 2 heterocycles. The van der Waals surface area contributed by atoms with E-state index in [1.54, 1.807) is 11.3 Å². The molecule has 1 aliphatic carbocycles. The van der Waals surface area contributed by atoms with Gasteiger partial charge in [0.05, 0.1) is 10.3 Å². The Bertz CT molecular complexity index is 581. The van der Waals surface area contributed by atoms with Gasteiger partial charge >= 0.3 is 5.00 Å². The maximum Gasteiger partial charge on any atom is 0.323 e. The molecule has 0 fully saturated rings. The predicted molar refractivity (Wildman–Crippen MR) is 73.8 cm³/mol. The van der Waals surface area contributed by atoms with Crippen LogP contribution >= 0.6 is 11.3 Å². The molecule has 0 saturated heterocycles. The zero-order valence-corrected chi connectivity index (χ0v) is 11.6. The Morgan fingerprint density at radius 3 is 3.11 bits per heavy atom. The van der Waals surface area contributed by atoms with Gasteiger partial charge in [0, 0.05) is 22.7 Å². The molecule has 0 spiro atoms. The normalized spacial score (nSPS) is 18.8. The molecule has 3 nitrogen and oxygen atoms in total. The molecule has 0 radical (unpaired) electrons. The summed E-state index contributed by atoms with van der Waals surface area (Å²) >= 11 is 1.63. The second kappa shape index (κ2) is 4.35. The molecule has 0 unspecified atom stereocenters. The molecule has 0 atom stereocenters. The van der Waals surface area contributed by atoms with E-state index in [1.807, 2.05) is 0 Å². The van der Waals surface area contributed by atoms with E-state index in [1.165, 1.54) is 10.5 Å². The van der Waals surface area contributed by atoms with Gasteiger partial charge in [0.15, 0.2) is 0 Å². The van der Waals surface area contributed by atoms with Crippen LogP contribution in [0.15, 0.2) is 29.1 Å². The first-order valence-corrected chi connectivity index (χ1v) is 7.25. The lowest BCUT2D eigenvalue weighted by Crippen LogP contribution is -2.17. The molecular weight excluding hydrogens is 244 g/mol. The van der Waals surface area contributed by atoms with E-state index in [-0.39, 0.29) is 0 Å².